The van der Waals surface area contributed by atoms with Crippen LogP contribution >= 0.6 is 0 Å². The van der Waals surface area contributed by atoms with E-state index < -0.39 is 0 Å². The minimum absolute atomic E-state index is 0.808. The van der Waals surface area contributed by atoms with Crippen LogP contribution in [0.5, 0.6) is 0 Å². The predicted molar refractivity (Wildman–Crippen MR) is 187 cm³/mol. The minimum Gasteiger partial charge on any atom is -0.255 e. The molecule has 0 bridgehead atoms. The van der Waals surface area contributed by atoms with Gasteiger partial charge in [0.1, 0.15) is 0 Å². The van der Waals surface area contributed by atoms with E-state index in [1.807, 2.05) is 54.7 Å². The van der Waals surface area contributed by atoms with E-state index in [0.29, 0.717) is 0 Å². The molecular weight excluding hydrogens is 562 g/mol. The zero-order valence-electron chi connectivity index (χ0n) is 24.7. The lowest BCUT2D eigenvalue weighted by molar-refractivity contribution is 1.27. The molecule has 0 N–H and O–H groups in total. The predicted octanol–water partition coefficient (Wildman–Crippen LogP) is 9.94. The van der Waals surface area contributed by atoms with Crippen LogP contribution in [0.2, 0.25) is 0 Å². The fraction of sp³-hybridized carbons (Fsp3) is 0. The number of hydrogen-bond donors (Lipinski definition) is 0. The van der Waals surface area contributed by atoms with Crippen molar-refractivity contribution in [3.8, 4) is 45.0 Å². The standard InChI is InChI=1S/C41H25N5/c1-2-8-27(9-3-1)39-31-10-4-5-11-33(31)45-41-32(39)19-15-28-17-22-37(46-40(28)41)35-20-18-30(25-43-35)29-14-13-26-16-21-36(44-38(26)24-29)34-12-6-7-23-42-34/h1-25H. The van der Waals surface area contributed by atoms with E-state index in [1.54, 1.807) is 6.20 Å². The highest BCUT2D eigenvalue weighted by Gasteiger charge is 2.15. The Morgan fingerprint density at radius 1 is 0.370 bits per heavy atom. The summed E-state index contributed by atoms with van der Waals surface area (Å²) in [7, 11) is 0. The normalized spacial score (nSPS) is 11.5. The molecule has 0 aliphatic rings. The molecule has 5 heterocycles. The van der Waals surface area contributed by atoms with Gasteiger partial charge in [0.2, 0.25) is 0 Å². The van der Waals surface area contributed by atoms with Crippen molar-refractivity contribution in [2.24, 2.45) is 0 Å². The Morgan fingerprint density at radius 2 is 1.09 bits per heavy atom. The van der Waals surface area contributed by atoms with Gasteiger partial charge in [0.05, 0.1) is 44.8 Å². The summed E-state index contributed by atoms with van der Waals surface area (Å²) in [5.74, 6) is 0. The second-order valence-corrected chi connectivity index (χ2v) is 11.4. The van der Waals surface area contributed by atoms with Gasteiger partial charge < -0.3 is 0 Å². The van der Waals surface area contributed by atoms with Gasteiger partial charge in [0, 0.05) is 45.1 Å². The average molecular weight is 588 g/mol. The van der Waals surface area contributed by atoms with Gasteiger partial charge in [-0.1, -0.05) is 97.1 Å². The molecule has 0 saturated heterocycles. The SMILES string of the molecule is c1ccc(-c2c3ccccc3nc3c2ccc2ccc(-c4ccc(-c5ccc6ccc(-c7ccccn7)nc6c5)cn4)nc23)cc1. The highest BCUT2D eigenvalue weighted by molar-refractivity contribution is 6.16. The highest BCUT2D eigenvalue weighted by Crippen LogP contribution is 2.37. The van der Waals surface area contributed by atoms with Crippen molar-refractivity contribution in [2.45, 2.75) is 0 Å². The lowest BCUT2D eigenvalue weighted by atomic mass is 9.95. The van der Waals surface area contributed by atoms with Crippen molar-refractivity contribution in [2.75, 3.05) is 0 Å². The first-order chi connectivity index (χ1) is 22.8. The van der Waals surface area contributed by atoms with Gasteiger partial charge in [-0.05, 0) is 53.6 Å². The number of rotatable bonds is 4. The first-order valence-corrected chi connectivity index (χ1v) is 15.3. The van der Waals surface area contributed by atoms with Crippen LogP contribution in [0.25, 0.3) is 88.6 Å². The maximum atomic E-state index is 5.16. The van der Waals surface area contributed by atoms with Gasteiger partial charge in [-0.15, -0.1) is 0 Å². The van der Waals surface area contributed by atoms with E-state index in [1.165, 1.54) is 5.56 Å². The molecule has 0 aliphatic carbocycles. The number of benzene rings is 4. The molecule has 5 nitrogen and oxygen atoms in total. The van der Waals surface area contributed by atoms with Gasteiger partial charge in [-0.3, -0.25) is 9.97 Å². The Kier molecular flexibility index (Phi) is 6.06. The van der Waals surface area contributed by atoms with Crippen LogP contribution < -0.4 is 0 Å². The smallest absolute Gasteiger partial charge is 0.0978 e. The van der Waals surface area contributed by atoms with Gasteiger partial charge >= 0.3 is 0 Å². The van der Waals surface area contributed by atoms with E-state index in [2.05, 4.69) is 96.0 Å². The largest absolute Gasteiger partial charge is 0.255 e. The summed E-state index contributed by atoms with van der Waals surface area (Å²) < 4.78 is 0. The van der Waals surface area contributed by atoms with E-state index in [-0.39, 0.29) is 0 Å². The third-order valence-corrected chi connectivity index (χ3v) is 8.55. The van der Waals surface area contributed by atoms with E-state index in [4.69, 9.17) is 19.9 Å². The van der Waals surface area contributed by atoms with E-state index >= 15 is 0 Å². The molecule has 0 radical (unpaired) electrons. The van der Waals surface area contributed by atoms with Crippen LogP contribution in [0.4, 0.5) is 0 Å². The van der Waals surface area contributed by atoms with Gasteiger partial charge in [-0.2, -0.15) is 0 Å². The van der Waals surface area contributed by atoms with Crippen molar-refractivity contribution < 1.29 is 0 Å². The lowest BCUT2D eigenvalue weighted by Gasteiger charge is -2.13. The van der Waals surface area contributed by atoms with E-state index in [0.717, 1.165) is 83.1 Å². The van der Waals surface area contributed by atoms with E-state index in [9.17, 15) is 0 Å². The summed E-state index contributed by atoms with van der Waals surface area (Å²) in [6.07, 6.45) is 3.70. The van der Waals surface area contributed by atoms with Crippen LogP contribution in [-0.4, -0.2) is 24.9 Å². The number of fused-ring (bicyclic) bond motifs is 5. The second-order valence-electron chi connectivity index (χ2n) is 11.4. The Hall–Kier alpha value is -6.33. The summed E-state index contributed by atoms with van der Waals surface area (Å²) in [6, 6.07) is 47.7. The molecule has 9 aromatic rings. The monoisotopic (exact) mass is 587 g/mol. The molecule has 0 atom stereocenters. The first-order valence-electron chi connectivity index (χ1n) is 15.3. The van der Waals surface area contributed by atoms with Crippen LogP contribution in [0, 0.1) is 0 Å². The van der Waals surface area contributed by atoms with Crippen molar-refractivity contribution in [3.05, 3.63) is 152 Å². The maximum Gasteiger partial charge on any atom is 0.0978 e. The summed E-state index contributed by atoms with van der Waals surface area (Å²) in [5, 5.41) is 4.34. The first kappa shape index (κ1) is 26.1. The molecule has 0 fully saturated rings. The number of nitrogens with zero attached hydrogens (tertiary/aromatic N) is 5. The van der Waals surface area contributed by atoms with Gasteiger partial charge in [0.25, 0.3) is 0 Å². The summed E-state index contributed by atoms with van der Waals surface area (Å²) in [5.41, 5.74) is 11.4. The minimum atomic E-state index is 0.808. The molecule has 0 unspecified atom stereocenters. The maximum absolute atomic E-state index is 5.16. The Balaban J connectivity index is 1.12. The number of aromatic nitrogens is 5. The summed E-state index contributed by atoms with van der Waals surface area (Å²) in [4.78, 5) is 24.5. The number of para-hydroxylation sites is 1. The molecule has 214 valence electrons. The second kappa shape index (κ2) is 10.7. The van der Waals surface area contributed by atoms with Crippen molar-refractivity contribution in [1.29, 1.82) is 0 Å². The third-order valence-electron chi connectivity index (χ3n) is 8.55. The Morgan fingerprint density at radius 3 is 1.93 bits per heavy atom. The van der Waals surface area contributed by atoms with Crippen LogP contribution in [0.3, 0.4) is 0 Å². The fourth-order valence-electron chi connectivity index (χ4n) is 6.26. The van der Waals surface area contributed by atoms with Gasteiger partial charge in [0.15, 0.2) is 0 Å². The molecule has 0 aliphatic heterocycles. The molecule has 0 amide bonds. The Labute approximate surface area is 264 Å². The molecular formula is C41H25N5. The topological polar surface area (TPSA) is 64.5 Å². The van der Waals surface area contributed by atoms with Crippen LogP contribution in [-0.2, 0) is 0 Å². The zero-order valence-corrected chi connectivity index (χ0v) is 24.7. The fourth-order valence-corrected chi connectivity index (χ4v) is 6.26. The molecule has 5 aromatic heterocycles. The Bertz CT molecular complexity index is 2560. The molecule has 0 spiro atoms. The average Bonchev–Trinajstić information content (AvgIpc) is 3.14. The third kappa shape index (κ3) is 4.45. The number of hydrogen-bond acceptors (Lipinski definition) is 5. The quantitative estimate of drug-likeness (QED) is 0.151. The molecule has 4 aromatic carbocycles. The molecule has 9 rings (SSSR count). The van der Waals surface area contributed by atoms with Gasteiger partial charge in [-0.25, -0.2) is 15.0 Å². The van der Waals surface area contributed by atoms with Crippen LogP contribution in [0.1, 0.15) is 0 Å². The lowest BCUT2D eigenvalue weighted by Crippen LogP contribution is -1.94. The highest BCUT2D eigenvalue weighted by atomic mass is 14.8. The zero-order chi connectivity index (χ0) is 30.5. The van der Waals surface area contributed by atoms with Crippen molar-refractivity contribution in [1.82, 2.24) is 24.9 Å². The molecule has 46 heavy (non-hydrogen) atoms. The summed E-state index contributed by atoms with van der Waals surface area (Å²) >= 11 is 0. The number of pyridine rings is 5. The van der Waals surface area contributed by atoms with Crippen LogP contribution in [0.15, 0.2) is 152 Å². The molecule has 0 saturated carbocycles. The van der Waals surface area contributed by atoms with Crippen molar-refractivity contribution >= 4 is 43.6 Å². The summed E-state index contributed by atoms with van der Waals surface area (Å²) in [6.45, 7) is 0. The van der Waals surface area contributed by atoms with Crippen molar-refractivity contribution in [3.63, 3.8) is 0 Å². The molecule has 5 heteroatoms.